The summed E-state index contributed by atoms with van der Waals surface area (Å²) in [5.74, 6) is -1.87. The van der Waals surface area contributed by atoms with E-state index < -0.39 is 17.3 Å². The molecule has 5 nitrogen and oxygen atoms in total. The number of aromatic amines is 1. The van der Waals surface area contributed by atoms with Crippen LogP contribution in [0.5, 0.6) is 0 Å². The van der Waals surface area contributed by atoms with Crippen LogP contribution in [0.25, 0.3) is 22.0 Å². The summed E-state index contributed by atoms with van der Waals surface area (Å²) in [6.45, 7) is 1.59. The normalized spacial score (nSPS) is 11.2. The fourth-order valence-electron chi connectivity index (χ4n) is 2.26. The summed E-state index contributed by atoms with van der Waals surface area (Å²) in [6, 6.07) is 2.54. The molecule has 0 amide bonds. The van der Waals surface area contributed by atoms with Crippen molar-refractivity contribution in [2.75, 3.05) is 5.73 Å². The summed E-state index contributed by atoms with van der Waals surface area (Å²) in [6.07, 6.45) is 0. The van der Waals surface area contributed by atoms with Gasteiger partial charge in [-0.3, -0.25) is 4.79 Å². The van der Waals surface area contributed by atoms with Gasteiger partial charge in [0.25, 0.3) is 5.56 Å². The quantitative estimate of drug-likeness (QED) is 0.653. The first-order valence-electron chi connectivity index (χ1n) is 6.30. The Labute approximate surface area is 141 Å². The van der Waals surface area contributed by atoms with E-state index in [1.54, 1.807) is 6.92 Å². The van der Waals surface area contributed by atoms with Crippen molar-refractivity contribution in [2.24, 2.45) is 0 Å². The minimum absolute atomic E-state index is 0.0769. The van der Waals surface area contributed by atoms with Crippen molar-refractivity contribution in [1.29, 1.82) is 0 Å². The highest BCUT2D eigenvalue weighted by Gasteiger charge is 2.17. The number of nitrogens with two attached hydrogens (primary N) is 1. The molecule has 3 rings (SSSR count). The number of H-pyrrole nitrogens is 1. The molecule has 0 fully saturated rings. The van der Waals surface area contributed by atoms with Crippen LogP contribution in [0.4, 0.5) is 14.6 Å². The SMILES string of the molecule is Cc1[nH]c(=O)c2c(F)cc(-c3nc(Br)c(F)nc3N)cc2c1Cl. The molecule has 1 aromatic carbocycles. The van der Waals surface area contributed by atoms with Gasteiger partial charge >= 0.3 is 0 Å². The molecule has 0 atom stereocenters. The summed E-state index contributed by atoms with van der Waals surface area (Å²) < 4.78 is 27.5. The van der Waals surface area contributed by atoms with Gasteiger partial charge in [0, 0.05) is 16.6 Å². The number of fused-ring (bicyclic) bond motifs is 1. The van der Waals surface area contributed by atoms with Gasteiger partial charge in [-0.1, -0.05) is 11.6 Å². The van der Waals surface area contributed by atoms with Crippen LogP contribution >= 0.6 is 27.5 Å². The van der Waals surface area contributed by atoms with E-state index in [4.69, 9.17) is 17.3 Å². The minimum Gasteiger partial charge on any atom is -0.382 e. The Hall–Kier alpha value is -2.06. The maximum atomic E-state index is 14.4. The highest BCUT2D eigenvalue weighted by Crippen LogP contribution is 2.32. The molecule has 2 heterocycles. The van der Waals surface area contributed by atoms with Crippen LogP contribution in [0.1, 0.15) is 5.69 Å². The molecule has 3 aromatic rings. The number of rotatable bonds is 1. The fraction of sp³-hybridized carbons (Fsp3) is 0.0714. The van der Waals surface area contributed by atoms with Gasteiger partial charge in [-0.05, 0) is 35.0 Å². The predicted octanol–water partition coefficient (Wildman–Crippen LogP) is 3.57. The van der Waals surface area contributed by atoms with Crippen molar-refractivity contribution >= 4 is 44.1 Å². The molecule has 0 aliphatic heterocycles. The Morgan fingerprint density at radius 1 is 1.30 bits per heavy atom. The van der Waals surface area contributed by atoms with Crippen LogP contribution in [-0.2, 0) is 0 Å². The highest BCUT2D eigenvalue weighted by molar-refractivity contribution is 9.10. The average Bonchev–Trinajstić information content (AvgIpc) is 2.47. The van der Waals surface area contributed by atoms with E-state index in [1.807, 2.05) is 0 Å². The van der Waals surface area contributed by atoms with Crippen molar-refractivity contribution in [3.8, 4) is 11.3 Å². The smallest absolute Gasteiger partial charge is 0.259 e. The lowest BCUT2D eigenvalue weighted by atomic mass is 10.0. The van der Waals surface area contributed by atoms with Gasteiger partial charge in [0.2, 0.25) is 5.95 Å². The zero-order chi connectivity index (χ0) is 16.9. The summed E-state index contributed by atoms with van der Waals surface area (Å²) in [5, 5.41) is 0.245. The molecule has 3 N–H and O–H groups in total. The van der Waals surface area contributed by atoms with Gasteiger partial charge in [-0.15, -0.1) is 0 Å². The van der Waals surface area contributed by atoms with Crippen LogP contribution in [0.2, 0.25) is 5.02 Å². The van der Waals surface area contributed by atoms with Gasteiger partial charge in [0.1, 0.15) is 11.5 Å². The molecule has 0 radical (unpaired) electrons. The topological polar surface area (TPSA) is 84.7 Å². The number of hydrogen-bond acceptors (Lipinski definition) is 4. The third-order valence-electron chi connectivity index (χ3n) is 3.30. The number of hydrogen-bond donors (Lipinski definition) is 2. The third-order valence-corrected chi connectivity index (χ3v) is 4.29. The summed E-state index contributed by atoms with van der Waals surface area (Å²) in [5.41, 5.74) is 5.77. The van der Waals surface area contributed by atoms with E-state index in [2.05, 4.69) is 30.9 Å². The molecule has 0 spiro atoms. The molecular weight excluding hydrogens is 394 g/mol. The molecule has 0 bridgehead atoms. The fourth-order valence-corrected chi connectivity index (χ4v) is 2.72. The first-order valence-corrected chi connectivity index (χ1v) is 7.47. The number of pyridine rings is 1. The van der Waals surface area contributed by atoms with Crippen molar-refractivity contribution in [1.82, 2.24) is 15.0 Å². The Morgan fingerprint density at radius 3 is 2.70 bits per heavy atom. The number of nitrogens with zero attached hydrogens (tertiary/aromatic N) is 2. The van der Waals surface area contributed by atoms with Crippen LogP contribution in [-0.4, -0.2) is 15.0 Å². The Morgan fingerprint density at radius 2 is 2.00 bits per heavy atom. The number of aryl methyl sites for hydroxylation is 1. The van der Waals surface area contributed by atoms with Crippen molar-refractivity contribution in [2.45, 2.75) is 6.92 Å². The number of nitrogen functional groups attached to an aromatic ring is 1. The second-order valence-corrected chi connectivity index (χ2v) is 5.94. The average molecular weight is 402 g/mol. The maximum Gasteiger partial charge on any atom is 0.259 e. The molecule has 0 unspecified atom stereocenters. The van der Waals surface area contributed by atoms with E-state index in [0.717, 1.165) is 6.07 Å². The number of nitrogens with one attached hydrogen (secondary N) is 1. The zero-order valence-electron chi connectivity index (χ0n) is 11.5. The molecule has 118 valence electrons. The van der Waals surface area contributed by atoms with Crippen molar-refractivity contribution in [3.63, 3.8) is 0 Å². The van der Waals surface area contributed by atoms with E-state index in [-0.39, 0.29) is 37.5 Å². The van der Waals surface area contributed by atoms with Gasteiger partial charge in [-0.25, -0.2) is 9.37 Å². The number of halogens is 4. The molecule has 0 saturated heterocycles. The highest BCUT2D eigenvalue weighted by atomic mass is 79.9. The van der Waals surface area contributed by atoms with Gasteiger partial charge in [-0.2, -0.15) is 9.37 Å². The van der Waals surface area contributed by atoms with E-state index in [9.17, 15) is 13.6 Å². The molecule has 9 heteroatoms. The van der Waals surface area contributed by atoms with Gasteiger partial charge in [0.05, 0.1) is 10.4 Å². The second-order valence-electron chi connectivity index (χ2n) is 4.81. The van der Waals surface area contributed by atoms with Gasteiger partial charge in [0.15, 0.2) is 10.4 Å². The second kappa shape index (κ2) is 5.54. The molecule has 23 heavy (non-hydrogen) atoms. The molecule has 0 aliphatic carbocycles. The van der Waals surface area contributed by atoms with Gasteiger partial charge < -0.3 is 10.7 Å². The largest absolute Gasteiger partial charge is 0.382 e. The monoisotopic (exact) mass is 400 g/mol. The van der Waals surface area contributed by atoms with Crippen LogP contribution in [0.3, 0.4) is 0 Å². The standard InChI is InChI=1S/C14H8BrClF2N4O/c1-4-9(16)6-2-5(3-7(17)8(6)14(23)20-4)10-13(19)22-12(18)11(15)21-10/h2-3H,1H3,(H2,19,22)(H,20,23). The van der Waals surface area contributed by atoms with Crippen molar-refractivity contribution < 1.29 is 8.78 Å². The number of aromatic nitrogens is 3. The molecule has 2 aromatic heterocycles. The summed E-state index contributed by atoms with van der Waals surface area (Å²) in [4.78, 5) is 21.8. The lowest BCUT2D eigenvalue weighted by Gasteiger charge is -2.09. The first kappa shape index (κ1) is 15.8. The van der Waals surface area contributed by atoms with E-state index in [0.29, 0.717) is 5.69 Å². The molecule has 0 saturated carbocycles. The Kier molecular flexibility index (Phi) is 3.81. The Bertz CT molecular complexity index is 1020. The minimum atomic E-state index is -0.877. The lowest BCUT2D eigenvalue weighted by molar-refractivity contribution is 0.571. The van der Waals surface area contributed by atoms with Crippen LogP contribution < -0.4 is 11.3 Å². The Balaban J connectivity index is 2.39. The molecule has 0 aliphatic rings. The number of anilines is 1. The van der Waals surface area contributed by atoms with E-state index >= 15 is 0 Å². The lowest BCUT2D eigenvalue weighted by Crippen LogP contribution is -2.10. The molecular formula is C14H8BrClF2N4O. The zero-order valence-corrected chi connectivity index (χ0v) is 13.9. The number of benzene rings is 1. The van der Waals surface area contributed by atoms with Crippen LogP contribution in [0.15, 0.2) is 21.5 Å². The van der Waals surface area contributed by atoms with Crippen molar-refractivity contribution in [3.05, 3.63) is 49.6 Å². The first-order chi connectivity index (χ1) is 10.8. The predicted molar refractivity (Wildman–Crippen MR) is 87.4 cm³/mol. The third kappa shape index (κ3) is 2.57. The van der Waals surface area contributed by atoms with Crippen LogP contribution in [0, 0.1) is 18.7 Å². The summed E-state index contributed by atoms with van der Waals surface area (Å²) in [7, 11) is 0. The van der Waals surface area contributed by atoms with E-state index in [1.165, 1.54) is 6.07 Å². The maximum absolute atomic E-state index is 14.4. The summed E-state index contributed by atoms with van der Waals surface area (Å²) >= 11 is 9.06.